The van der Waals surface area contributed by atoms with Crippen LogP contribution in [0.1, 0.15) is 39.7 Å². The summed E-state index contributed by atoms with van der Waals surface area (Å²) >= 11 is 0.908. The van der Waals surface area contributed by atoms with Gasteiger partial charge in [-0.15, -0.1) is 0 Å². The summed E-state index contributed by atoms with van der Waals surface area (Å²) in [5, 5.41) is 13.7. The van der Waals surface area contributed by atoms with Gasteiger partial charge in [0.15, 0.2) is 0 Å². The lowest BCUT2D eigenvalue weighted by molar-refractivity contribution is -0.380. The fourth-order valence-corrected chi connectivity index (χ4v) is 3.40. The third-order valence-corrected chi connectivity index (χ3v) is 4.71. The van der Waals surface area contributed by atoms with Crippen molar-refractivity contribution < 1.29 is 9.72 Å². The molecule has 3 rings (SSSR count). The number of benzene rings is 1. The van der Waals surface area contributed by atoms with Crippen LogP contribution in [0.2, 0.25) is 0 Å². The van der Waals surface area contributed by atoms with E-state index in [1.165, 1.54) is 17.7 Å². The van der Waals surface area contributed by atoms with Gasteiger partial charge in [0.1, 0.15) is 0 Å². The maximum absolute atomic E-state index is 12.2. The van der Waals surface area contributed by atoms with E-state index in [1.54, 1.807) is 0 Å². The molecule has 1 atom stereocenters. The largest absolute Gasteiger partial charge is 0.345 e. The molecular formula is C15H14N2O3S. The number of rotatable bonds is 3. The second kappa shape index (κ2) is 5.65. The highest BCUT2D eigenvalue weighted by atomic mass is 32.1. The lowest BCUT2D eigenvalue weighted by Crippen LogP contribution is -2.30. The third-order valence-electron chi connectivity index (χ3n) is 3.67. The zero-order valence-electron chi connectivity index (χ0n) is 11.2. The molecule has 6 heteroatoms. The Hall–Kier alpha value is -2.21. The molecule has 0 spiro atoms. The van der Waals surface area contributed by atoms with Crippen LogP contribution >= 0.6 is 11.3 Å². The minimum Gasteiger partial charge on any atom is -0.345 e. The van der Waals surface area contributed by atoms with Gasteiger partial charge in [-0.25, -0.2) is 0 Å². The van der Waals surface area contributed by atoms with Crippen LogP contribution in [0.4, 0.5) is 5.00 Å². The first kappa shape index (κ1) is 13.8. The fraction of sp³-hybridized carbons (Fsp3) is 0.267. The third kappa shape index (κ3) is 2.80. The van der Waals surface area contributed by atoms with E-state index in [0.717, 1.165) is 36.2 Å². The summed E-state index contributed by atoms with van der Waals surface area (Å²) in [4.78, 5) is 22.8. The van der Waals surface area contributed by atoms with Crippen LogP contribution < -0.4 is 5.32 Å². The summed E-state index contributed by atoms with van der Waals surface area (Å²) in [6.45, 7) is 0. The van der Waals surface area contributed by atoms with Crippen LogP contribution in [0.15, 0.2) is 36.4 Å². The van der Waals surface area contributed by atoms with Crippen LogP contribution in [-0.4, -0.2) is 10.8 Å². The molecule has 1 aliphatic carbocycles. The molecule has 1 amide bonds. The second-order valence-corrected chi connectivity index (χ2v) is 6.07. The molecule has 0 saturated carbocycles. The van der Waals surface area contributed by atoms with Crippen molar-refractivity contribution in [2.75, 3.05) is 0 Å². The zero-order valence-corrected chi connectivity index (χ0v) is 12.1. The first-order chi connectivity index (χ1) is 10.1. The van der Waals surface area contributed by atoms with E-state index in [2.05, 4.69) is 11.4 Å². The van der Waals surface area contributed by atoms with Gasteiger partial charge in [-0.3, -0.25) is 14.9 Å². The molecule has 1 heterocycles. The van der Waals surface area contributed by atoms with Gasteiger partial charge in [0.05, 0.1) is 15.8 Å². The molecule has 0 radical (unpaired) electrons. The molecule has 108 valence electrons. The monoisotopic (exact) mass is 302 g/mol. The number of nitrogens with zero attached hydrogens (tertiary/aromatic N) is 1. The molecule has 0 aliphatic heterocycles. The standard InChI is InChI=1S/C15H14N2O3S/c18-15(13-8-9-14(21-13)17(19)20)16-12-7-3-5-10-4-1-2-6-11(10)12/h1-2,4,6,8-9,12H,3,5,7H2,(H,16,18)/t12-/m0/s1. The van der Waals surface area contributed by atoms with Gasteiger partial charge in [-0.1, -0.05) is 35.6 Å². The molecule has 1 aliphatic rings. The zero-order chi connectivity index (χ0) is 14.8. The van der Waals surface area contributed by atoms with Crippen molar-refractivity contribution in [1.82, 2.24) is 5.32 Å². The van der Waals surface area contributed by atoms with Crippen molar-refractivity contribution in [2.24, 2.45) is 0 Å². The van der Waals surface area contributed by atoms with Crippen molar-refractivity contribution in [3.63, 3.8) is 0 Å². The van der Waals surface area contributed by atoms with Crippen LogP contribution in [0.3, 0.4) is 0 Å². The van der Waals surface area contributed by atoms with Gasteiger partial charge < -0.3 is 5.32 Å². The van der Waals surface area contributed by atoms with E-state index < -0.39 is 4.92 Å². The molecular weight excluding hydrogens is 288 g/mol. The smallest absolute Gasteiger partial charge is 0.324 e. The summed E-state index contributed by atoms with van der Waals surface area (Å²) < 4.78 is 0. The van der Waals surface area contributed by atoms with Gasteiger partial charge in [-0.05, 0) is 36.5 Å². The Morgan fingerprint density at radius 2 is 2.10 bits per heavy atom. The van der Waals surface area contributed by atoms with Crippen molar-refractivity contribution >= 4 is 22.2 Å². The number of thiophene rings is 1. The van der Waals surface area contributed by atoms with Crippen LogP contribution in [0.5, 0.6) is 0 Å². The van der Waals surface area contributed by atoms with Crippen LogP contribution in [0.25, 0.3) is 0 Å². The summed E-state index contributed by atoms with van der Waals surface area (Å²) in [7, 11) is 0. The predicted molar refractivity (Wildman–Crippen MR) is 80.6 cm³/mol. The number of hydrogen-bond donors (Lipinski definition) is 1. The first-order valence-corrected chi connectivity index (χ1v) is 7.59. The molecule has 1 aromatic heterocycles. The second-order valence-electron chi connectivity index (χ2n) is 5.01. The lowest BCUT2D eigenvalue weighted by atomic mass is 9.88. The van der Waals surface area contributed by atoms with E-state index in [0.29, 0.717) is 4.88 Å². The number of hydrogen-bond acceptors (Lipinski definition) is 4. The molecule has 1 N–H and O–H groups in total. The highest BCUT2D eigenvalue weighted by molar-refractivity contribution is 7.17. The molecule has 5 nitrogen and oxygen atoms in total. The Labute approximate surface area is 125 Å². The Balaban J connectivity index is 1.77. The summed E-state index contributed by atoms with van der Waals surface area (Å²) in [6.07, 6.45) is 2.97. The highest BCUT2D eigenvalue weighted by Gasteiger charge is 2.23. The Bertz CT molecular complexity index is 696. The maximum Gasteiger partial charge on any atom is 0.324 e. The Morgan fingerprint density at radius 3 is 2.86 bits per heavy atom. The molecule has 0 unspecified atom stereocenters. The minimum atomic E-state index is -0.475. The van der Waals surface area contributed by atoms with Crippen LogP contribution in [-0.2, 0) is 6.42 Å². The summed E-state index contributed by atoms with van der Waals surface area (Å²) in [5.41, 5.74) is 2.43. The quantitative estimate of drug-likeness (QED) is 0.697. The van der Waals surface area contributed by atoms with E-state index in [1.807, 2.05) is 18.2 Å². The highest BCUT2D eigenvalue weighted by Crippen LogP contribution is 2.30. The van der Waals surface area contributed by atoms with Crippen molar-refractivity contribution in [2.45, 2.75) is 25.3 Å². The van der Waals surface area contributed by atoms with Crippen molar-refractivity contribution in [1.29, 1.82) is 0 Å². The number of aryl methyl sites for hydroxylation is 1. The van der Waals surface area contributed by atoms with E-state index >= 15 is 0 Å². The van der Waals surface area contributed by atoms with Gasteiger partial charge in [0.25, 0.3) is 5.91 Å². The number of nitrogens with one attached hydrogen (secondary N) is 1. The van der Waals surface area contributed by atoms with Gasteiger partial charge >= 0.3 is 5.00 Å². The number of amides is 1. The van der Waals surface area contributed by atoms with Gasteiger partial charge in [0.2, 0.25) is 0 Å². The Morgan fingerprint density at radius 1 is 1.29 bits per heavy atom. The average Bonchev–Trinajstić information content (AvgIpc) is 2.98. The van der Waals surface area contributed by atoms with Gasteiger partial charge in [0, 0.05) is 6.07 Å². The predicted octanol–water partition coefficient (Wildman–Crippen LogP) is 3.46. The number of fused-ring (bicyclic) bond motifs is 1. The molecule has 21 heavy (non-hydrogen) atoms. The normalized spacial score (nSPS) is 17.0. The maximum atomic E-state index is 12.2. The summed E-state index contributed by atoms with van der Waals surface area (Å²) in [5.74, 6) is -0.241. The number of nitro groups is 1. The molecule has 2 aromatic rings. The van der Waals surface area contributed by atoms with Crippen LogP contribution in [0, 0.1) is 10.1 Å². The number of carbonyl (C=O) groups excluding carboxylic acids is 1. The van der Waals surface area contributed by atoms with E-state index in [4.69, 9.17) is 0 Å². The van der Waals surface area contributed by atoms with E-state index in [-0.39, 0.29) is 17.0 Å². The number of carbonyl (C=O) groups is 1. The lowest BCUT2D eigenvalue weighted by Gasteiger charge is -2.26. The van der Waals surface area contributed by atoms with Crippen molar-refractivity contribution in [3.8, 4) is 0 Å². The van der Waals surface area contributed by atoms with Gasteiger partial charge in [-0.2, -0.15) is 0 Å². The average molecular weight is 302 g/mol. The molecule has 0 saturated heterocycles. The SMILES string of the molecule is O=C(N[C@H]1CCCc2ccccc21)c1ccc([N+](=O)[O-])s1. The molecule has 1 aromatic carbocycles. The minimum absolute atomic E-state index is 0.0100. The van der Waals surface area contributed by atoms with E-state index in [9.17, 15) is 14.9 Å². The first-order valence-electron chi connectivity index (χ1n) is 6.78. The van der Waals surface area contributed by atoms with Crippen molar-refractivity contribution in [3.05, 3.63) is 62.5 Å². The Kier molecular flexibility index (Phi) is 3.70. The summed E-state index contributed by atoms with van der Waals surface area (Å²) in [6, 6.07) is 11.0. The topological polar surface area (TPSA) is 72.2 Å². The fourth-order valence-electron chi connectivity index (χ4n) is 2.68. The molecule has 0 fully saturated rings. The molecule has 0 bridgehead atoms.